The van der Waals surface area contributed by atoms with Gasteiger partial charge in [-0.1, -0.05) is 0 Å². The Bertz CT molecular complexity index is 525. The van der Waals surface area contributed by atoms with Crippen molar-refractivity contribution in [2.45, 2.75) is 31.4 Å². The maximum Gasteiger partial charge on any atom is 0.289 e. The number of nitrogens with zero attached hydrogens (tertiary/aromatic N) is 2. The third-order valence-corrected chi connectivity index (χ3v) is 4.24. The largest absolute Gasteiger partial charge is 0.459 e. The molecule has 0 aliphatic carbocycles. The van der Waals surface area contributed by atoms with Gasteiger partial charge in [-0.05, 0) is 37.8 Å². The Morgan fingerprint density at radius 2 is 1.86 bits per heavy atom. The summed E-state index contributed by atoms with van der Waals surface area (Å²) in [4.78, 5) is 27.6. The number of likely N-dealkylation sites (tertiary alicyclic amines) is 2. The van der Waals surface area contributed by atoms with Crippen molar-refractivity contribution in [3.8, 4) is 0 Å². The Labute approximate surface area is 122 Å². The molecule has 2 amide bonds. The van der Waals surface area contributed by atoms with E-state index in [0.717, 1.165) is 12.8 Å². The Morgan fingerprint density at radius 1 is 1.14 bits per heavy atom. The Balaban J connectivity index is 1.72. The van der Waals surface area contributed by atoms with Crippen molar-refractivity contribution in [2.24, 2.45) is 0 Å². The SMILES string of the molecule is O=C(c1ccco1)N1CCCC(F)(C(=O)N2CCCC2)C1. The van der Waals surface area contributed by atoms with Gasteiger partial charge in [0.05, 0.1) is 12.8 Å². The lowest BCUT2D eigenvalue weighted by Crippen LogP contribution is -2.56. The molecule has 2 fully saturated rings. The van der Waals surface area contributed by atoms with Crippen molar-refractivity contribution in [1.82, 2.24) is 9.80 Å². The van der Waals surface area contributed by atoms with E-state index in [-0.39, 0.29) is 24.6 Å². The van der Waals surface area contributed by atoms with Crippen LogP contribution in [0.1, 0.15) is 36.2 Å². The van der Waals surface area contributed by atoms with Crippen LogP contribution in [0.4, 0.5) is 4.39 Å². The van der Waals surface area contributed by atoms with E-state index in [0.29, 0.717) is 26.1 Å². The number of piperidine rings is 1. The molecule has 114 valence electrons. The summed E-state index contributed by atoms with van der Waals surface area (Å²) in [6, 6.07) is 3.18. The van der Waals surface area contributed by atoms with Gasteiger partial charge in [0.2, 0.25) is 5.67 Å². The van der Waals surface area contributed by atoms with E-state index in [4.69, 9.17) is 4.42 Å². The number of rotatable bonds is 2. The minimum absolute atomic E-state index is 0.179. The van der Waals surface area contributed by atoms with Gasteiger partial charge in [-0.25, -0.2) is 4.39 Å². The molecule has 0 N–H and O–H groups in total. The molecule has 1 aromatic rings. The van der Waals surface area contributed by atoms with Gasteiger partial charge in [-0.15, -0.1) is 0 Å². The van der Waals surface area contributed by atoms with Crippen LogP contribution < -0.4 is 0 Å². The highest BCUT2D eigenvalue weighted by Crippen LogP contribution is 2.29. The first kappa shape index (κ1) is 14.1. The first-order valence-electron chi connectivity index (χ1n) is 7.41. The predicted molar refractivity (Wildman–Crippen MR) is 73.5 cm³/mol. The number of amides is 2. The number of alkyl halides is 1. The van der Waals surface area contributed by atoms with Crippen LogP contribution in [0, 0.1) is 0 Å². The van der Waals surface area contributed by atoms with E-state index < -0.39 is 11.6 Å². The van der Waals surface area contributed by atoms with Gasteiger partial charge in [-0.3, -0.25) is 9.59 Å². The van der Waals surface area contributed by atoms with Gasteiger partial charge in [0, 0.05) is 19.6 Å². The summed E-state index contributed by atoms with van der Waals surface area (Å²) in [5.41, 5.74) is -1.95. The fourth-order valence-corrected chi connectivity index (χ4v) is 3.12. The quantitative estimate of drug-likeness (QED) is 0.836. The van der Waals surface area contributed by atoms with Crippen molar-refractivity contribution in [3.05, 3.63) is 24.2 Å². The molecule has 6 heteroatoms. The molecule has 3 rings (SSSR count). The Morgan fingerprint density at radius 3 is 2.52 bits per heavy atom. The van der Waals surface area contributed by atoms with E-state index in [1.54, 1.807) is 17.0 Å². The molecule has 2 saturated heterocycles. The highest BCUT2D eigenvalue weighted by atomic mass is 19.1. The molecule has 1 unspecified atom stereocenters. The number of carbonyl (C=O) groups excluding carboxylic acids is 2. The van der Waals surface area contributed by atoms with Gasteiger partial charge in [0.25, 0.3) is 11.8 Å². The maximum atomic E-state index is 15.1. The number of hydrogen-bond acceptors (Lipinski definition) is 3. The number of hydrogen-bond donors (Lipinski definition) is 0. The summed E-state index contributed by atoms with van der Waals surface area (Å²) in [6.45, 7) is 1.52. The molecule has 0 bridgehead atoms. The predicted octanol–water partition coefficient (Wildman–Crippen LogP) is 1.85. The lowest BCUT2D eigenvalue weighted by Gasteiger charge is -2.37. The highest BCUT2D eigenvalue weighted by molar-refractivity contribution is 5.93. The second-order valence-electron chi connectivity index (χ2n) is 5.77. The summed E-state index contributed by atoms with van der Waals surface area (Å²) in [5, 5.41) is 0. The van der Waals surface area contributed by atoms with Crippen molar-refractivity contribution in [1.29, 1.82) is 0 Å². The first-order valence-corrected chi connectivity index (χ1v) is 7.41. The Kier molecular flexibility index (Phi) is 3.69. The Hall–Kier alpha value is -1.85. The van der Waals surface area contributed by atoms with Crippen molar-refractivity contribution >= 4 is 11.8 Å². The molecule has 1 aromatic heterocycles. The first-order chi connectivity index (χ1) is 10.1. The molecule has 5 nitrogen and oxygen atoms in total. The molecule has 0 aromatic carbocycles. The summed E-state index contributed by atoms with van der Waals surface area (Å²) in [7, 11) is 0. The monoisotopic (exact) mass is 294 g/mol. The van der Waals surface area contributed by atoms with Crippen molar-refractivity contribution in [3.63, 3.8) is 0 Å². The minimum atomic E-state index is -1.95. The van der Waals surface area contributed by atoms with Gasteiger partial charge in [0.15, 0.2) is 5.76 Å². The van der Waals surface area contributed by atoms with Crippen LogP contribution in [0.15, 0.2) is 22.8 Å². The van der Waals surface area contributed by atoms with Crippen LogP contribution in [0.25, 0.3) is 0 Å². The highest BCUT2D eigenvalue weighted by Gasteiger charge is 2.46. The summed E-state index contributed by atoms with van der Waals surface area (Å²) in [5.74, 6) is -0.624. The number of furan rings is 1. The fourth-order valence-electron chi connectivity index (χ4n) is 3.12. The number of halogens is 1. The normalized spacial score (nSPS) is 26.1. The molecule has 0 saturated carbocycles. The van der Waals surface area contributed by atoms with Crippen LogP contribution in [-0.4, -0.2) is 53.5 Å². The lowest BCUT2D eigenvalue weighted by atomic mass is 9.93. The molecular formula is C15H19FN2O3. The zero-order chi connectivity index (χ0) is 14.9. The van der Waals surface area contributed by atoms with E-state index in [1.807, 2.05) is 0 Å². The van der Waals surface area contributed by atoms with Crippen molar-refractivity contribution < 1.29 is 18.4 Å². The molecule has 2 aliphatic rings. The van der Waals surface area contributed by atoms with Gasteiger partial charge < -0.3 is 14.2 Å². The maximum absolute atomic E-state index is 15.1. The number of carbonyl (C=O) groups is 2. The zero-order valence-corrected chi connectivity index (χ0v) is 11.9. The lowest BCUT2D eigenvalue weighted by molar-refractivity contribution is -0.146. The summed E-state index contributed by atoms with van der Waals surface area (Å²) >= 11 is 0. The standard InChI is InChI=1S/C15H19FN2O3/c16-15(14(20)17-7-1-2-8-17)6-4-9-18(11-15)13(19)12-5-3-10-21-12/h3,5,10H,1-2,4,6-9,11H2. The third-order valence-electron chi connectivity index (χ3n) is 4.24. The smallest absolute Gasteiger partial charge is 0.289 e. The van der Waals surface area contributed by atoms with Gasteiger partial charge >= 0.3 is 0 Å². The molecule has 2 aliphatic heterocycles. The van der Waals surface area contributed by atoms with Crippen LogP contribution in [-0.2, 0) is 4.79 Å². The zero-order valence-electron chi connectivity index (χ0n) is 11.9. The molecular weight excluding hydrogens is 275 g/mol. The average molecular weight is 294 g/mol. The van der Waals surface area contributed by atoms with Gasteiger partial charge in [0.1, 0.15) is 0 Å². The van der Waals surface area contributed by atoms with E-state index in [9.17, 15) is 9.59 Å². The fraction of sp³-hybridized carbons (Fsp3) is 0.600. The van der Waals surface area contributed by atoms with Crippen LogP contribution in [0.2, 0.25) is 0 Å². The van der Waals surface area contributed by atoms with Crippen LogP contribution >= 0.6 is 0 Å². The molecule has 0 spiro atoms. The average Bonchev–Trinajstić information content (AvgIpc) is 3.18. The van der Waals surface area contributed by atoms with Crippen LogP contribution in [0.3, 0.4) is 0 Å². The molecule has 21 heavy (non-hydrogen) atoms. The van der Waals surface area contributed by atoms with Crippen molar-refractivity contribution in [2.75, 3.05) is 26.2 Å². The summed E-state index contributed by atoms with van der Waals surface area (Å²) in [6.07, 6.45) is 3.94. The topological polar surface area (TPSA) is 53.8 Å². The van der Waals surface area contributed by atoms with E-state index in [1.165, 1.54) is 11.2 Å². The van der Waals surface area contributed by atoms with E-state index >= 15 is 4.39 Å². The molecule has 3 heterocycles. The second-order valence-corrected chi connectivity index (χ2v) is 5.77. The van der Waals surface area contributed by atoms with Gasteiger partial charge in [-0.2, -0.15) is 0 Å². The molecule has 1 atom stereocenters. The summed E-state index contributed by atoms with van der Waals surface area (Å²) < 4.78 is 20.1. The van der Waals surface area contributed by atoms with E-state index in [2.05, 4.69) is 0 Å². The second kappa shape index (κ2) is 5.50. The third kappa shape index (κ3) is 2.66. The molecule has 0 radical (unpaired) electrons. The van der Waals surface area contributed by atoms with Crippen LogP contribution in [0.5, 0.6) is 0 Å². The minimum Gasteiger partial charge on any atom is -0.459 e.